The van der Waals surface area contributed by atoms with Crippen LogP contribution >= 0.6 is 11.6 Å². The quantitative estimate of drug-likeness (QED) is 0.570. The van der Waals surface area contributed by atoms with Crippen molar-refractivity contribution in [3.8, 4) is 5.75 Å². The third kappa shape index (κ3) is 5.43. The van der Waals surface area contributed by atoms with E-state index in [-0.39, 0.29) is 0 Å². The van der Waals surface area contributed by atoms with Gasteiger partial charge in [0.15, 0.2) is 0 Å². The first-order chi connectivity index (χ1) is 14.3. The molecule has 3 aromatic rings. The number of nitrogens with one attached hydrogen (secondary N) is 1. The van der Waals surface area contributed by atoms with Gasteiger partial charge >= 0.3 is 0 Å². The maximum Gasteiger partial charge on any atom is 0.124 e. The Kier molecular flexibility index (Phi) is 6.55. The van der Waals surface area contributed by atoms with Crippen molar-refractivity contribution < 1.29 is 9.47 Å². The lowest BCUT2D eigenvalue weighted by Crippen LogP contribution is -2.36. The normalized spacial score (nSPS) is 13.9. The number of nitrogens with zero attached hydrogens (tertiary/aromatic N) is 1. The van der Waals surface area contributed by atoms with Gasteiger partial charge in [-0.3, -0.25) is 0 Å². The van der Waals surface area contributed by atoms with Crippen molar-refractivity contribution in [3.05, 3.63) is 88.9 Å². The molecule has 1 fully saturated rings. The lowest BCUT2D eigenvalue weighted by Gasteiger charge is -2.29. The van der Waals surface area contributed by atoms with Crippen molar-refractivity contribution in [2.24, 2.45) is 0 Å². The van der Waals surface area contributed by atoms with E-state index in [0.717, 1.165) is 48.9 Å². The predicted octanol–water partition coefficient (Wildman–Crippen LogP) is 5.37. The SMILES string of the molecule is Clc1ccc(OCc2ccccc2)c(CNc2ccc(N3CCOCC3)cc2)c1. The fourth-order valence-corrected chi connectivity index (χ4v) is 3.57. The van der Waals surface area contributed by atoms with Crippen LogP contribution in [0.5, 0.6) is 5.75 Å². The molecule has 1 heterocycles. The standard InChI is InChI=1S/C24H25ClN2O2/c25-21-6-11-24(29-18-19-4-2-1-3-5-19)20(16-21)17-26-22-7-9-23(10-8-22)27-12-14-28-15-13-27/h1-11,16,26H,12-15,17-18H2. The van der Waals surface area contributed by atoms with Gasteiger partial charge in [0.05, 0.1) is 13.2 Å². The summed E-state index contributed by atoms with van der Waals surface area (Å²) in [5.74, 6) is 0.843. The van der Waals surface area contributed by atoms with Crippen LogP contribution in [0, 0.1) is 0 Å². The lowest BCUT2D eigenvalue weighted by molar-refractivity contribution is 0.122. The molecule has 0 amide bonds. The third-order valence-electron chi connectivity index (χ3n) is 4.99. The molecular weight excluding hydrogens is 384 g/mol. The molecule has 0 bridgehead atoms. The van der Waals surface area contributed by atoms with Gasteiger partial charge in [0.2, 0.25) is 0 Å². The largest absolute Gasteiger partial charge is 0.489 e. The summed E-state index contributed by atoms with van der Waals surface area (Å²) in [5, 5.41) is 4.18. The molecule has 1 N–H and O–H groups in total. The van der Waals surface area contributed by atoms with Crippen molar-refractivity contribution in [1.29, 1.82) is 0 Å². The highest BCUT2D eigenvalue weighted by molar-refractivity contribution is 6.30. The number of benzene rings is 3. The highest BCUT2D eigenvalue weighted by Crippen LogP contribution is 2.26. The van der Waals surface area contributed by atoms with E-state index >= 15 is 0 Å². The molecular formula is C24H25ClN2O2. The van der Waals surface area contributed by atoms with E-state index in [0.29, 0.717) is 18.2 Å². The Morgan fingerprint density at radius 3 is 2.45 bits per heavy atom. The highest BCUT2D eigenvalue weighted by atomic mass is 35.5. The smallest absolute Gasteiger partial charge is 0.124 e. The second kappa shape index (κ2) is 9.68. The van der Waals surface area contributed by atoms with Crippen molar-refractivity contribution in [1.82, 2.24) is 0 Å². The summed E-state index contributed by atoms with van der Waals surface area (Å²) in [6, 6.07) is 24.4. The molecule has 0 unspecified atom stereocenters. The minimum atomic E-state index is 0.531. The number of hydrogen-bond donors (Lipinski definition) is 1. The van der Waals surface area contributed by atoms with Gasteiger partial charge < -0.3 is 19.7 Å². The van der Waals surface area contributed by atoms with Gasteiger partial charge in [0.1, 0.15) is 12.4 Å². The maximum atomic E-state index is 6.22. The molecule has 0 saturated carbocycles. The van der Waals surface area contributed by atoms with Crippen molar-refractivity contribution in [2.75, 3.05) is 36.5 Å². The van der Waals surface area contributed by atoms with E-state index < -0.39 is 0 Å². The van der Waals surface area contributed by atoms with Gasteiger partial charge in [-0.2, -0.15) is 0 Å². The molecule has 0 atom stereocenters. The average molecular weight is 409 g/mol. The molecule has 0 aliphatic carbocycles. The fraction of sp³-hybridized carbons (Fsp3) is 0.250. The minimum absolute atomic E-state index is 0.531. The number of anilines is 2. The van der Waals surface area contributed by atoms with Crippen molar-refractivity contribution in [2.45, 2.75) is 13.2 Å². The van der Waals surface area contributed by atoms with Crippen LogP contribution in [0.3, 0.4) is 0 Å². The Labute approximate surface area is 177 Å². The molecule has 0 aromatic heterocycles. The molecule has 0 radical (unpaired) electrons. The van der Waals surface area contributed by atoms with Crippen LogP contribution in [0.1, 0.15) is 11.1 Å². The summed E-state index contributed by atoms with van der Waals surface area (Å²) in [5.41, 5.74) is 4.47. The van der Waals surface area contributed by atoms with E-state index in [1.54, 1.807) is 0 Å². The Balaban J connectivity index is 1.39. The molecule has 4 rings (SSSR count). The second-order valence-corrected chi connectivity index (χ2v) is 7.46. The zero-order valence-corrected chi connectivity index (χ0v) is 17.1. The van der Waals surface area contributed by atoms with E-state index in [2.05, 4.69) is 46.6 Å². The van der Waals surface area contributed by atoms with Crippen LogP contribution < -0.4 is 15.0 Å². The number of morpholine rings is 1. The molecule has 150 valence electrons. The van der Waals surface area contributed by atoms with Crippen molar-refractivity contribution in [3.63, 3.8) is 0 Å². The number of hydrogen-bond acceptors (Lipinski definition) is 4. The maximum absolute atomic E-state index is 6.22. The third-order valence-corrected chi connectivity index (χ3v) is 5.22. The van der Waals surface area contributed by atoms with Gasteiger partial charge in [-0.1, -0.05) is 41.9 Å². The molecule has 1 saturated heterocycles. The van der Waals surface area contributed by atoms with E-state index in [4.69, 9.17) is 21.1 Å². The van der Waals surface area contributed by atoms with Crippen LogP contribution in [-0.4, -0.2) is 26.3 Å². The summed E-state index contributed by atoms with van der Waals surface area (Å²) >= 11 is 6.22. The molecule has 1 aliphatic rings. The van der Waals surface area contributed by atoms with Gasteiger partial charge in [-0.25, -0.2) is 0 Å². The van der Waals surface area contributed by atoms with Crippen LogP contribution in [0.2, 0.25) is 5.02 Å². The fourth-order valence-electron chi connectivity index (χ4n) is 3.37. The average Bonchev–Trinajstić information content (AvgIpc) is 2.79. The van der Waals surface area contributed by atoms with Crippen molar-refractivity contribution >= 4 is 23.0 Å². The lowest BCUT2D eigenvalue weighted by atomic mass is 10.2. The summed E-state index contributed by atoms with van der Waals surface area (Å²) in [6.45, 7) is 4.64. The zero-order valence-electron chi connectivity index (χ0n) is 16.3. The molecule has 0 spiro atoms. The summed E-state index contributed by atoms with van der Waals surface area (Å²) in [6.07, 6.45) is 0. The first-order valence-electron chi connectivity index (χ1n) is 9.90. The Morgan fingerprint density at radius 2 is 1.69 bits per heavy atom. The first kappa shape index (κ1) is 19.6. The van der Waals surface area contributed by atoms with Gasteiger partial charge in [-0.05, 0) is 48.0 Å². The van der Waals surface area contributed by atoms with Crippen LogP contribution in [0.4, 0.5) is 11.4 Å². The van der Waals surface area contributed by atoms with Crippen LogP contribution in [0.15, 0.2) is 72.8 Å². The van der Waals surface area contributed by atoms with Gasteiger partial charge in [0, 0.05) is 41.6 Å². The topological polar surface area (TPSA) is 33.7 Å². The summed E-state index contributed by atoms with van der Waals surface area (Å²) < 4.78 is 11.5. The molecule has 1 aliphatic heterocycles. The molecule has 29 heavy (non-hydrogen) atoms. The molecule has 4 nitrogen and oxygen atoms in total. The van der Waals surface area contributed by atoms with E-state index in [1.807, 2.05) is 36.4 Å². The monoisotopic (exact) mass is 408 g/mol. The van der Waals surface area contributed by atoms with Crippen LogP contribution in [0.25, 0.3) is 0 Å². The Bertz CT molecular complexity index is 910. The predicted molar refractivity (Wildman–Crippen MR) is 119 cm³/mol. The minimum Gasteiger partial charge on any atom is -0.489 e. The Morgan fingerprint density at radius 1 is 0.931 bits per heavy atom. The second-order valence-electron chi connectivity index (χ2n) is 7.03. The zero-order chi connectivity index (χ0) is 19.9. The number of halogens is 1. The van der Waals surface area contributed by atoms with Gasteiger partial charge in [-0.15, -0.1) is 0 Å². The molecule has 5 heteroatoms. The van der Waals surface area contributed by atoms with Crippen LogP contribution in [-0.2, 0) is 17.9 Å². The summed E-state index contributed by atoms with van der Waals surface area (Å²) in [7, 11) is 0. The highest BCUT2D eigenvalue weighted by Gasteiger charge is 2.11. The summed E-state index contributed by atoms with van der Waals surface area (Å²) in [4.78, 5) is 2.35. The molecule has 3 aromatic carbocycles. The Hall–Kier alpha value is -2.69. The van der Waals surface area contributed by atoms with Gasteiger partial charge in [0.25, 0.3) is 0 Å². The van der Waals surface area contributed by atoms with E-state index in [1.165, 1.54) is 5.69 Å². The number of rotatable bonds is 7. The van der Waals surface area contributed by atoms with E-state index in [9.17, 15) is 0 Å². The first-order valence-corrected chi connectivity index (χ1v) is 10.3. The number of ether oxygens (including phenoxy) is 2.